The average Bonchev–Trinajstić information content (AvgIpc) is 3.25. The molecule has 0 atom stereocenters. The minimum atomic E-state index is -0.979. The Hall–Kier alpha value is -3.68. The number of nitrogens with one attached hydrogen (secondary N) is 1. The fraction of sp³-hybridized carbons (Fsp3) is 0.111. The Morgan fingerprint density at radius 3 is 2.62 bits per heavy atom. The highest BCUT2D eigenvalue weighted by atomic mass is 16.5. The summed E-state index contributed by atoms with van der Waals surface area (Å²) < 4.78 is 6.72. The number of carbonyl (C=O) groups is 2. The van der Waals surface area contributed by atoms with Crippen molar-refractivity contribution in [3.8, 4) is 5.69 Å². The summed E-state index contributed by atoms with van der Waals surface area (Å²) in [7, 11) is 0. The van der Waals surface area contributed by atoms with E-state index >= 15 is 0 Å². The van der Waals surface area contributed by atoms with E-state index in [9.17, 15) is 9.59 Å². The van der Waals surface area contributed by atoms with Crippen LogP contribution in [-0.4, -0.2) is 43.6 Å². The van der Waals surface area contributed by atoms with Crippen LogP contribution in [0, 0.1) is 0 Å². The van der Waals surface area contributed by atoms with Gasteiger partial charge in [0.15, 0.2) is 5.69 Å². The molecule has 2 heterocycles. The first-order chi connectivity index (χ1) is 12.6. The van der Waals surface area contributed by atoms with Crippen molar-refractivity contribution in [2.24, 2.45) is 0 Å². The van der Waals surface area contributed by atoms with Crippen molar-refractivity contribution in [2.45, 2.75) is 6.92 Å². The molecule has 130 valence electrons. The predicted molar refractivity (Wildman–Crippen MR) is 93.6 cm³/mol. The number of aromatic amines is 1. The van der Waals surface area contributed by atoms with Gasteiger partial charge in [0.25, 0.3) is 0 Å². The molecule has 0 saturated carbocycles. The third-order valence-electron chi connectivity index (χ3n) is 4.12. The average molecular weight is 350 g/mol. The summed E-state index contributed by atoms with van der Waals surface area (Å²) in [5.74, 6) is -1.46. The van der Waals surface area contributed by atoms with Crippen LogP contribution >= 0.6 is 0 Å². The summed E-state index contributed by atoms with van der Waals surface area (Å²) in [6, 6.07) is 10.1. The van der Waals surface area contributed by atoms with E-state index in [0.29, 0.717) is 10.9 Å². The number of rotatable bonds is 4. The lowest BCUT2D eigenvalue weighted by atomic mass is 10.1. The van der Waals surface area contributed by atoms with Gasteiger partial charge in [0.2, 0.25) is 0 Å². The van der Waals surface area contributed by atoms with Gasteiger partial charge in [-0.2, -0.15) is 10.2 Å². The first-order valence-corrected chi connectivity index (χ1v) is 7.96. The van der Waals surface area contributed by atoms with Gasteiger partial charge in [0, 0.05) is 10.8 Å². The minimum Gasteiger partial charge on any atom is -0.478 e. The highest BCUT2D eigenvalue weighted by molar-refractivity contribution is 6.11. The number of ether oxygens (including phenoxy) is 1. The van der Waals surface area contributed by atoms with E-state index in [-0.39, 0.29) is 17.9 Å². The number of benzene rings is 2. The molecular weight excluding hydrogens is 336 g/mol. The molecule has 26 heavy (non-hydrogen) atoms. The van der Waals surface area contributed by atoms with Crippen LogP contribution in [0.5, 0.6) is 0 Å². The summed E-state index contributed by atoms with van der Waals surface area (Å²) in [6.45, 7) is 2.02. The Labute approximate surface area is 147 Å². The lowest BCUT2D eigenvalue weighted by Crippen LogP contribution is -2.05. The van der Waals surface area contributed by atoms with Crippen LogP contribution in [0.1, 0.15) is 27.8 Å². The molecule has 4 rings (SSSR count). The third-order valence-corrected chi connectivity index (χ3v) is 4.12. The van der Waals surface area contributed by atoms with E-state index in [2.05, 4.69) is 15.3 Å². The number of nitrogens with zero attached hydrogens (tertiary/aromatic N) is 3. The number of hydrogen-bond donors (Lipinski definition) is 2. The fourth-order valence-corrected chi connectivity index (χ4v) is 2.90. The molecule has 0 aliphatic rings. The number of H-pyrrole nitrogens is 1. The summed E-state index contributed by atoms with van der Waals surface area (Å²) in [6.07, 6.45) is 1.68. The third kappa shape index (κ3) is 2.39. The van der Waals surface area contributed by atoms with Crippen LogP contribution in [0.4, 0.5) is 0 Å². The Bertz CT molecular complexity index is 1140. The molecule has 0 aliphatic carbocycles. The van der Waals surface area contributed by atoms with Crippen molar-refractivity contribution in [1.82, 2.24) is 20.0 Å². The molecule has 2 aromatic carbocycles. The first kappa shape index (κ1) is 15.8. The summed E-state index contributed by atoms with van der Waals surface area (Å²) >= 11 is 0. The lowest BCUT2D eigenvalue weighted by Gasteiger charge is -2.04. The maximum atomic E-state index is 12.0. The van der Waals surface area contributed by atoms with Gasteiger partial charge < -0.3 is 9.84 Å². The van der Waals surface area contributed by atoms with Crippen LogP contribution in [0.15, 0.2) is 42.6 Å². The van der Waals surface area contributed by atoms with Gasteiger partial charge in [0.05, 0.1) is 35.1 Å². The highest BCUT2D eigenvalue weighted by Crippen LogP contribution is 2.27. The number of aromatic carboxylic acids is 1. The molecule has 0 saturated heterocycles. The Morgan fingerprint density at radius 1 is 1.15 bits per heavy atom. The zero-order chi connectivity index (χ0) is 18.3. The van der Waals surface area contributed by atoms with Crippen LogP contribution in [0.25, 0.3) is 27.5 Å². The predicted octanol–water partition coefficient (Wildman–Crippen LogP) is 2.78. The number of carboxylic acids is 1. The normalized spacial score (nSPS) is 11.1. The second kappa shape index (κ2) is 5.99. The van der Waals surface area contributed by atoms with E-state index in [0.717, 1.165) is 16.6 Å². The molecule has 8 nitrogen and oxygen atoms in total. The van der Waals surface area contributed by atoms with Crippen molar-refractivity contribution in [3.05, 3.63) is 53.9 Å². The van der Waals surface area contributed by atoms with Gasteiger partial charge in [0.1, 0.15) is 0 Å². The Morgan fingerprint density at radius 2 is 1.92 bits per heavy atom. The zero-order valence-corrected chi connectivity index (χ0v) is 13.8. The molecular formula is C18H14N4O4. The van der Waals surface area contributed by atoms with E-state index in [1.54, 1.807) is 36.0 Å². The minimum absolute atomic E-state index is 0.209. The Balaban J connectivity index is 1.83. The van der Waals surface area contributed by atoms with Crippen molar-refractivity contribution >= 4 is 33.7 Å². The van der Waals surface area contributed by atoms with E-state index in [1.165, 1.54) is 12.1 Å². The van der Waals surface area contributed by atoms with Gasteiger partial charge in [-0.05, 0) is 43.3 Å². The second-order valence-electron chi connectivity index (χ2n) is 5.62. The van der Waals surface area contributed by atoms with Crippen molar-refractivity contribution in [2.75, 3.05) is 6.61 Å². The van der Waals surface area contributed by atoms with Crippen molar-refractivity contribution in [3.63, 3.8) is 0 Å². The van der Waals surface area contributed by atoms with Crippen LogP contribution < -0.4 is 0 Å². The van der Waals surface area contributed by atoms with Crippen LogP contribution in [0.2, 0.25) is 0 Å². The van der Waals surface area contributed by atoms with Gasteiger partial charge in [-0.15, -0.1) is 0 Å². The summed E-state index contributed by atoms with van der Waals surface area (Å²) in [4.78, 5) is 23.0. The van der Waals surface area contributed by atoms with Crippen molar-refractivity contribution < 1.29 is 19.4 Å². The second-order valence-corrected chi connectivity index (χ2v) is 5.62. The Kier molecular flexibility index (Phi) is 3.65. The van der Waals surface area contributed by atoms with E-state index < -0.39 is 11.9 Å². The number of aromatic nitrogens is 4. The van der Waals surface area contributed by atoms with Gasteiger partial charge in [-0.25, -0.2) is 14.3 Å². The maximum Gasteiger partial charge on any atom is 0.359 e. The van der Waals surface area contributed by atoms with Gasteiger partial charge >= 0.3 is 11.9 Å². The van der Waals surface area contributed by atoms with Gasteiger partial charge in [-0.1, -0.05) is 0 Å². The molecule has 4 aromatic rings. The summed E-state index contributed by atoms with van der Waals surface area (Å²) in [5, 5.41) is 21.8. The number of hydrogen-bond acceptors (Lipinski definition) is 5. The molecule has 0 amide bonds. The van der Waals surface area contributed by atoms with Crippen LogP contribution in [-0.2, 0) is 4.74 Å². The standard InChI is InChI=1S/C18H14N4O4/c1-2-26-18(25)16-12-7-8-14-13(15(12)20-21-16)9-19-22(14)11-5-3-10(4-6-11)17(23)24/h3-9H,2H2,1H3,(H,20,21)(H,23,24). The first-order valence-electron chi connectivity index (χ1n) is 7.96. The number of esters is 1. The van der Waals surface area contributed by atoms with E-state index in [4.69, 9.17) is 9.84 Å². The summed E-state index contributed by atoms with van der Waals surface area (Å²) in [5.41, 5.74) is 2.68. The molecule has 0 fully saturated rings. The number of carbonyl (C=O) groups excluding carboxylic acids is 1. The molecule has 0 spiro atoms. The topological polar surface area (TPSA) is 110 Å². The monoisotopic (exact) mass is 350 g/mol. The maximum absolute atomic E-state index is 12.0. The molecule has 2 aromatic heterocycles. The van der Waals surface area contributed by atoms with E-state index in [1.807, 2.05) is 6.07 Å². The quantitative estimate of drug-likeness (QED) is 0.548. The molecule has 0 aliphatic heterocycles. The van der Waals surface area contributed by atoms with Crippen LogP contribution in [0.3, 0.4) is 0 Å². The zero-order valence-electron chi connectivity index (χ0n) is 13.8. The van der Waals surface area contributed by atoms with Gasteiger partial charge in [-0.3, -0.25) is 5.10 Å². The lowest BCUT2D eigenvalue weighted by molar-refractivity contribution is 0.0521. The largest absolute Gasteiger partial charge is 0.478 e. The number of fused-ring (bicyclic) bond motifs is 3. The molecule has 2 N–H and O–H groups in total. The smallest absolute Gasteiger partial charge is 0.359 e. The molecule has 0 bridgehead atoms. The molecule has 0 unspecified atom stereocenters. The SMILES string of the molecule is CCOC(=O)c1n[nH]c2c1ccc1c2cnn1-c1ccc(C(=O)O)cc1. The van der Waals surface area contributed by atoms with Crippen molar-refractivity contribution in [1.29, 1.82) is 0 Å². The highest BCUT2D eigenvalue weighted by Gasteiger charge is 2.18. The fourth-order valence-electron chi connectivity index (χ4n) is 2.90. The molecule has 8 heteroatoms. The number of carboxylic acid groups (broad SMARTS) is 1. The molecule has 0 radical (unpaired) electrons.